The second-order valence-electron chi connectivity index (χ2n) is 6.21. The van der Waals surface area contributed by atoms with Crippen molar-refractivity contribution in [2.75, 3.05) is 11.9 Å². The molecule has 0 fully saturated rings. The molecule has 0 aliphatic rings. The van der Waals surface area contributed by atoms with Crippen molar-refractivity contribution in [3.8, 4) is 11.5 Å². The monoisotopic (exact) mass is 421 g/mol. The lowest BCUT2D eigenvalue weighted by Crippen LogP contribution is -2.25. The van der Waals surface area contributed by atoms with Crippen molar-refractivity contribution in [2.24, 2.45) is 5.92 Å². The van der Waals surface area contributed by atoms with Crippen LogP contribution in [0.15, 0.2) is 24.3 Å². The summed E-state index contributed by atoms with van der Waals surface area (Å²) in [6, 6.07) is 4.81. The van der Waals surface area contributed by atoms with Crippen molar-refractivity contribution in [3.63, 3.8) is 0 Å². The average Bonchev–Trinajstić information content (AvgIpc) is 2.98. The zero-order valence-electron chi connectivity index (χ0n) is 15.9. The molecule has 6 nitrogen and oxygen atoms in total. The Hall–Kier alpha value is -2.85. The second-order valence-corrected chi connectivity index (χ2v) is 6.21. The summed E-state index contributed by atoms with van der Waals surface area (Å²) in [7, 11) is 0. The highest BCUT2D eigenvalue weighted by Gasteiger charge is 2.34. The number of carbonyl (C=O) groups is 1. The number of hydrogen-bond donors (Lipinski definition) is 1. The Morgan fingerprint density at radius 2 is 1.93 bits per heavy atom. The Kier molecular flexibility index (Phi) is 7.04. The van der Waals surface area contributed by atoms with Gasteiger partial charge >= 0.3 is 12.8 Å². The highest BCUT2D eigenvalue weighted by atomic mass is 19.4. The molecule has 11 heteroatoms. The molecule has 0 bridgehead atoms. The number of hydrogen-bond acceptors (Lipinski definition) is 4. The summed E-state index contributed by atoms with van der Waals surface area (Å²) in [6.45, 7) is 1.73. The maximum absolute atomic E-state index is 12.8. The number of halogens is 5. The van der Waals surface area contributed by atoms with E-state index in [9.17, 15) is 26.7 Å². The third kappa shape index (κ3) is 6.06. The minimum Gasteiger partial charge on any atom is -0.490 e. The van der Waals surface area contributed by atoms with Gasteiger partial charge in [0, 0.05) is 17.4 Å². The number of anilines is 1. The topological polar surface area (TPSA) is 65.4 Å². The van der Waals surface area contributed by atoms with E-state index >= 15 is 0 Å². The number of benzene rings is 1. The molecule has 1 aromatic carbocycles. The number of nitrogens with zero attached hydrogens (tertiary/aromatic N) is 2. The predicted octanol–water partition coefficient (Wildman–Crippen LogP) is 4.49. The van der Waals surface area contributed by atoms with Gasteiger partial charge in [-0.25, -0.2) is 0 Å². The molecule has 0 saturated carbocycles. The van der Waals surface area contributed by atoms with Gasteiger partial charge < -0.3 is 14.8 Å². The van der Waals surface area contributed by atoms with Crippen molar-refractivity contribution in [1.82, 2.24) is 9.78 Å². The zero-order chi connectivity index (χ0) is 21.8. The summed E-state index contributed by atoms with van der Waals surface area (Å²) >= 11 is 0. The number of amides is 1. The number of alkyl halides is 5. The first kappa shape index (κ1) is 22.4. The first-order valence-electron chi connectivity index (χ1n) is 8.65. The van der Waals surface area contributed by atoms with E-state index < -0.39 is 30.3 Å². The quantitative estimate of drug-likeness (QED) is 0.638. The van der Waals surface area contributed by atoms with Gasteiger partial charge in [-0.2, -0.15) is 27.1 Å². The lowest BCUT2D eigenvalue weighted by atomic mass is 10.1. The molecule has 0 aliphatic carbocycles. The van der Waals surface area contributed by atoms with Crippen LogP contribution in [0.5, 0.6) is 11.5 Å². The Labute approximate surface area is 163 Å². The number of aromatic nitrogens is 2. The van der Waals surface area contributed by atoms with Gasteiger partial charge in [0.1, 0.15) is 0 Å². The molecule has 1 aromatic heterocycles. The third-order valence-corrected chi connectivity index (χ3v) is 3.89. The Morgan fingerprint density at radius 1 is 1.24 bits per heavy atom. The molecule has 1 N–H and O–H groups in total. The summed E-state index contributed by atoms with van der Waals surface area (Å²) in [4.78, 5) is 12.4. The third-order valence-electron chi connectivity index (χ3n) is 3.89. The summed E-state index contributed by atoms with van der Waals surface area (Å²) in [5.41, 5.74) is -0.497. The molecule has 0 aliphatic heterocycles. The minimum absolute atomic E-state index is 0.0241. The Bertz CT molecular complexity index is 852. The number of aryl methyl sites for hydroxylation is 1. The minimum atomic E-state index is -4.57. The maximum atomic E-state index is 12.8. The highest BCUT2D eigenvalue weighted by Crippen LogP contribution is 2.32. The predicted molar refractivity (Wildman–Crippen MR) is 94.0 cm³/mol. The molecule has 2 aromatic rings. The van der Waals surface area contributed by atoms with Crippen LogP contribution in [0, 0.1) is 12.8 Å². The molecule has 0 radical (unpaired) electrons. The fraction of sp³-hybridized carbons (Fsp3) is 0.444. The summed E-state index contributed by atoms with van der Waals surface area (Å²) < 4.78 is 73.8. The summed E-state index contributed by atoms with van der Waals surface area (Å²) in [5, 5.41) is 6.06. The van der Waals surface area contributed by atoms with Crippen LogP contribution in [-0.2, 0) is 17.5 Å². The van der Waals surface area contributed by atoms with Gasteiger partial charge in [-0.1, -0.05) is 6.92 Å². The van der Waals surface area contributed by atoms with Gasteiger partial charge in [0.05, 0.1) is 19.1 Å². The standard InChI is InChI=1S/C18H20F5N3O3/c1-4-28-14-8-12(5-6-13(14)29-17(19)20)24-16(27)10(2)9-26-11(3)7-15(25-26)18(21,22)23/h5-8,10,17H,4,9H2,1-3H3,(H,24,27). The number of carbonyl (C=O) groups excluding carboxylic acids is 1. The summed E-state index contributed by atoms with van der Waals surface area (Å²) in [6.07, 6.45) is -4.57. The van der Waals surface area contributed by atoms with Gasteiger partial charge in [-0.15, -0.1) is 0 Å². The van der Waals surface area contributed by atoms with Crippen LogP contribution in [0.1, 0.15) is 25.2 Å². The normalized spacial score (nSPS) is 12.7. The second kappa shape index (κ2) is 9.10. The van der Waals surface area contributed by atoms with Crippen LogP contribution in [-0.4, -0.2) is 28.9 Å². The van der Waals surface area contributed by atoms with E-state index in [0.717, 1.165) is 10.7 Å². The average molecular weight is 421 g/mol. The van der Waals surface area contributed by atoms with Crippen LogP contribution in [0.2, 0.25) is 0 Å². The van der Waals surface area contributed by atoms with E-state index in [1.54, 1.807) is 6.92 Å². The molecular weight excluding hydrogens is 401 g/mol. The SMILES string of the molecule is CCOc1cc(NC(=O)C(C)Cn2nc(C(F)(F)F)cc2C)ccc1OC(F)F. The highest BCUT2D eigenvalue weighted by molar-refractivity contribution is 5.92. The van der Waals surface area contributed by atoms with Gasteiger partial charge in [0.2, 0.25) is 5.91 Å². The smallest absolute Gasteiger partial charge is 0.435 e. The molecule has 0 spiro atoms. The van der Waals surface area contributed by atoms with Gasteiger partial charge in [-0.05, 0) is 32.0 Å². The zero-order valence-corrected chi connectivity index (χ0v) is 15.9. The van der Waals surface area contributed by atoms with Gasteiger partial charge in [0.25, 0.3) is 0 Å². The molecule has 29 heavy (non-hydrogen) atoms. The van der Waals surface area contributed by atoms with E-state index in [1.807, 2.05) is 0 Å². The van der Waals surface area contributed by atoms with E-state index in [-0.39, 0.29) is 36.0 Å². The van der Waals surface area contributed by atoms with Gasteiger partial charge in [-0.3, -0.25) is 9.48 Å². The van der Waals surface area contributed by atoms with E-state index in [1.165, 1.54) is 32.0 Å². The molecule has 1 atom stereocenters. The Morgan fingerprint density at radius 3 is 2.48 bits per heavy atom. The van der Waals surface area contributed by atoms with Crippen LogP contribution < -0.4 is 14.8 Å². The first-order valence-corrected chi connectivity index (χ1v) is 8.65. The largest absolute Gasteiger partial charge is 0.490 e. The number of nitrogens with one attached hydrogen (secondary N) is 1. The maximum Gasteiger partial charge on any atom is 0.435 e. The molecule has 160 valence electrons. The van der Waals surface area contributed by atoms with Gasteiger partial charge in [0.15, 0.2) is 17.2 Å². The number of rotatable bonds is 8. The lowest BCUT2D eigenvalue weighted by molar-refractivity contribution is -0.141. The molecule has 1 unspecified atom stereocenters. The van der Waals surface area contributed by atoms with Crippen molar-refractivity contribution in [2.45, 2.75) is 40.1 Å². The Balaban J connectivity index is 2.09. The van der Waals surface area contributed by atoms with Crippen molar-refractivity contribution >= 4 is 11.6 Å². The van der Waals surface area contributed by atoms with Crippen molar-refractivity contribution in [1.29, 1.82) is 0 Å². The summed E-state index contributed by atoms with van der Waals surface area (Å²) in [5.74, 6) is -1.36. The van der Waals surface area contributed by atoms with E-state index in [4.69, 9.17) is 4.74 Å². The molecule has 2 rings (SSSR count). The van der Waals surface area contributed by atoms with Crippen molar-refractivity contribution in [3.05, 3.63) is 35.7 Å². The van der Waals surface area contributed by atoms with E-state index in [0.29, 0.717) is 0 Å². The molecule has 0 saturated heterocycles. The van der Waals surface area contributed by atoms with Crippen LogP contribution in [0.25, 0.3) is 0 Å². The molecule has 1 heterocycles. The number of ether oxygens (including phenoxy) is 2. The first-order chi connectivity index (χ1) is 13.5. The fourth-order valence-corrected chi connectivity index (χ4v) is 2.49. The van der Waals surface area contributed by atoms with E-state index in [2.05, 4.69) is 15.2 Å². The van der Waals surface area contributed by atoms with Crippen molar-refractivity contribution < 1.29 is 36.2 Å². The van der Waals surface area contributed by atoms with Crippen LogP contribution >= 0.6 is 0 Å². The molecule has 1 amide bonds. The lowest BCUT2D eigenvalue weighted by Gasteiger charge is -2.16. The molecular formula is C18H20F5N3O3. The van der Waals surface area contributed by atoms with Crippen LogP contribution in [0.3, 0.4) is 0 Å². The van der Waals surface area contributed by atoms with Crippen LogP contribution in [0.4, 0.5) is 27.6 Å². The fourth-order valence-electron chi connectivity index (χ4n) is 2.49.